The van der Waals surface area contributed by atoms with Crippen LogP contribution in [0.15, 0.2) is 34.9 Å². The van der Waals surface area contributed by atoms with Crippen molar-refractivity contribution >= 4 is 41.3 Å². The molecule has 3 fully saturated rings. The molecule has 14 nitrogen and oxygen atoms in total. The predicted octanol–water partition coefficient (Wildman–Crippen LogP) is 0.782. The molecule has 4 amide bonds. The third kappa shape index (κ3) is 5.80. The number of aliphatic hydroxyl groups is 1. The van der Waals surface area contributed by atoms with Gasteiger partial charge < -0.3 is 35.6 Å². The SMILES string of the molecule is CC1CN(C(N)=O)CCN1C(=O)[C@@H]1C[C@H](SC2=C(C(=O)OCc3ccc([N+](=O)[O-])cc3)N3C(=O)[C@H]([C@@H](C)O)[C@H]3[C@H]2C)CN1. The highest BCUT2D eigenvalue weighted by Gasteiger charge is 2.60. The van der Waals surface area contributed by atoms with Crippen molar-refractivity contribution < 1.29 is 33.9 Å². The molecule has 0 saturated carbocycles. The topological polar surface area (TPSA) is 189 Å². The second-order valence-electron chi connectivity index (χ2n) is 11.6. The minimum atomic E-state index is -0.884. The fourth-order valence-electron chi connectivity index (χ4n) is 6.45. The van der Waals surface area contributed by atoms with E-state index in [1.807, 2.05) is 13.8 Å². The van der Waals surface area contributed by atoms with Gasteiger partial charge >= 0.3 is 12.0 Å². The number of nitrogens with two attached hydrogens (primary N) is 1. The van der Waals surface area contributed by atoms with Crippen LogP contribution < -0.4 is 11.1 Å². The molecule has 15 heteroatoms. The zero-order chi connectivity index (χ0) is 31.2. The Labute approximate surface area is 252 Å². The largest absolute Gasteiger partial charge is 0.456 e. The molecule has 1 aromatic rings. The minimum Gasteiger partial charge on any atom is -0.456 e. The van der Waals surface area contributed by atoms with E-state index in [4.69, 9.17) is 10.5 Å². The van der Waals surface area contributed by atoms with Gasteiger partial charge in [-0.05, 0) is 38.0 Å². The number of hydrogen-bond acceptors (Lipinski definition) is 10. The highest BCUT2D eigenvalue weighted by molar-refractivity contribution is 8.03. The third-order valence-electron chi connectivity index (χ3n) is 8.72. The number of β-lactam (4-membered cyclic amide) rings is 1. The standard InChI is InChI=1S/C28H36N6O8S/c1-14-12-31(28(29)39)8-9-32(14)25(36)20-10-19(11-30-20)43-24-15(2)22-21(16(3)35)26(37)33(22)23(24)27(38)42-13-17-4-6-18(7-5-17)34(40)41/h4-7,14-16,19-22,30,35H,8-13H2,1-3H3,(H2,29,39)/t14?,15-,16-,19+,20+,21-,22-/m1/s1. The monoisotopic (exact) mass is 616 g/mol. The number of primary amides is 1. The Hall–Kier alpha value is -3.69. The maximum Gasteiger partial charge on any atom is 0.356 e. The lowest BCUT2D eigenvalue weighted by Gasteiger charge is -2.46. The predicted molar refractivity (Wildman–Crippen MR) is 155 cm³/mol. The van der Waals surface area contributed by atoms with Crippen LogP contribution >= 0.6 is 11.8 Å². The van der Waals surface area contributed by atoms with E-state index in [0.717, 1.165) is 0 Å². The summed E-state index contributed by atoms with van der Waals surface area (Å²) < 4.78 is 5.58. The number of benzene rings is 1. The van der Waals surface area contributed by atoms with Crippen molar-refractivity contribution in [2.24, 2.45) is 17.6 Å². The van der Waals surface area contributed by atoms with E-state index in [1.165, 1.54) is 45.8 Å². The summed E-state index contributed by atoms with van der Waals surface area (Å²) in [6.07, 6.45) is -0.378. The van der Waals surface area contributed by atoms with Gasteiger partial charge in [0.15, 0.2) is 0 Å². The molecular weight excluding hydrogens is 580 g/mol. The van der Waals surface area contributed by atoms with Crippen molar-refractivity contribution in [2.75, 3.05) is 26.2 Å². The number of ether oxygens (including phenoxy) is 1. The summed E-state index contributed by atoms with van der Waals surface area (Å²) in [5.74, 6) is -1.95. The number of carbonyl (C=O) groups is 4. The molecule has 0 aromatic heterocycles. The van der Waals surface area contributed by atoms with Gasteiger partial charge in [-0.2, -0.15) is 0 Å². The number of rotatable bonds is 8. The van der Waals surface area contributed by atoms with Crippen LogP contribution in [0.4, 0.5) is 10.5 Å². The van der Waals surface area contributed by atoms with Crippen LogP contribution in [0.2, 0.25) is 0 Å². The molecule has 5 rings (SSSR count). The van der Waals surface area contributed by atoms with Crippen LogP contribution in [0.5, 0.6) is 0 Å². The lowest BCUT2D eigenvalue weighted by atomic mass is 9.79. The van der Waals surface area contributed by atoms with E-state index in [9.17, 15) is 34.4 Å². The molecule has 1 aromatic carbocycles. The number of aliphatic hydroxyl groups excluding tert-OH is 1. The van der Waals surface area contributed by atoms with Crippen molar-refractivity contribution in [1.29, 1.82) is 0 Å². The normalized spacial score (nSPS) is 29.3. The van der Waals surface area contributed by atoms with Crippen LogP contribution in [0.1, 0.15) is 32.8 Å². The summed E-state index contributed by atoms with van der Waals surface area (Å²) in [6, 6.07) is 4.16. The summed E-state index contributed by atoms with van der Waals surface area (Å²) in [5.41, 5.74) is 6.03. The number of thioether (sulfide) groups is 1. The first kappa shape index (κ1) is 30.8. The number of non-ortho nitro benzene ring substituents is 1. The van der Waals surface area contributed by atoms with Gasteiger partial charge in [-0.3, -0.25) is 19.7 Å². The Bertz CT molecular complexity index is 1350. The fourth-order valence-corrected chi connectivity index (χ4v) is 7.92. The Kier molecular flexibility index (Phi) is 8.68. The van der Waals surface area contributed by atoms with Gasteiger partial charge in [0.25, 0.3) is 5.69 Å². The minimum absolute atomic E-state index is 0.0518. The Morgan fingerprint density at radius 3 is 2.53 bits per heavy atom. The van der Waals surface area contributed by atoms with Crippen molar-refractivity contribution in [2.45, 2.75) is 63.3 Å². The van der Waals surface area contributed by atoms with Gasteiger partial charge in [-0.15, -0.1) is 11.8 Å². The second kappa shape index (κ2) is 12.1. The van der Waals surface area contributed by atoms with E-state index in [-0.39, 0.29) is 53.1 Å². The molecule has 0 aliphatic carbocycles. The van der Waals surface area contributed by atoms with Crippen molar-refractivity contribution in [3.05, 3.63) is 50.5 Å². The molecule has 4 aliphatic heterocycles. The smallest absolute Gasteiger partial charge is 0.356 e. The lowest BCUT2D eigenvalue weighted by molar-refractivity contribution is -0.384. The van der Waals surface area contributed by atoms with Gasteiger partial charge in [0.2, 0.25) is 11.8 Å². The van der Waals surface area contributed by atoms with Crippen LogP contribution in [0, 0.1) is 22.0 Å². The van der Waals surface area contributed by atoms with Gasteiger partial charge in [-0.25, -0.2) is 9.59 Å². The van der Waals surface area contributed by atoms with Crippen molar-refractivity contribution in [3.8, 4) is 0 Å². The molecule has 0 radical (unpaired) electrons. The number of urea groups is 1. The van der Waals surface area contributed by atoms with E-state index in [1.54, 1.807) is 11.8 Å². The van der Waals surface area contributed by atoms with Crippen LogP contribution in [0.25, 0.3) is 0 Å². The van der Waals surface area contributed by atoms with E-state index < -0.39 is 35.0 Å². The van der Waals surface area contributed by atoms with Crippen LogP contribution in [-0.4, -0.2) is 104 Å². The van der Waals surface area contributed by atoms with Gasteiger partial charge in [0.1, 0.15) is 12.3 Å². The van der Waals surface area contributed by atoms with E-state index in [0.29, 0.717) is 43.1 Å². The summed E-state index contributed by atoms with van der Waals surface area (Å²) in [6.45, 7) is 6.88. The molecule has 4 N–H and O–H groups in total. The number of amides is 4. The number of nitro benzene ring substituents is 1. The average Bonchev–Trinajstić information content (AvgIpc) is 3.52. The molecule has 4 aliphatic rings. The number of carbonyl (C=O) groups excluding carboxylic acids is 4. The number of esters is 1. The molecular formula is C28H36N6O8S. The number of nitrogens with zero attached hydrogens (tertiary/aromatic N) is 4. The molecule has 232 valence electrons. The molecule has 4 heterocycles. The fraction of sp³-hybridized carbons (Fsp3) is 0.571. The summed E-state index contributed by atoms with van der Waals surface area (Å²) in [7, 11) is 0. The van der Waals surface area contributed by atoms with E-state index in [2.05, 4.69) is 5.32 Å². The number of piperazine rings is 1. The maximum atomic E-state index is 13.5. The number of hydrogen-bond donors (Lipinski definition) is 3. The maximum absolute atomic E-state index is 13.5. The third-order valence-corrected chi connectivity index (χ3v) is 10.2. The first-order valence-electron chi connectivity index (χ1n) is 14.3. The summed E-state index contributed by atoms with van der Waals surface area (Å²) >= 11 is 1.45. The van der Waals surface area contributed by atoms with Crippen LogP contribution in [0.3, 0.4) is 0 Å². The first-order chi connectivity index (χ1) is 20.4. The molecule has 1 unspecified atom stereocenters. The van der Waals surface area contributed by atoms with Crippen molar-refractivity contribution in [3.63, 3.8) is 0 Å². The molecule has 3 saturated heterocycles. The average molecular weight is 617 g/mol. The Balaban J connectivity index is 1.29. The molecule has 43 heavy (non-hydrogen) atoms. The van der Waals surface area contributed by atoms with E-state index >= 15 is 0 Å². The summed E-state index contributed by atoms with van der Waals surface area (Å²) in [5, 5.41) is 24.5. The quantitative estimate of drug-likeness (QED) is 0.163. The zero-order valence-corrected chi connectivity index (χ0v) is 25.0. The van der Waals surface area contributed by atoms with Crippen molar-refractivity contribution in [1.82, 2.24) is 20.0 Å². The number of nitro groups is 1. The molecule has 0 bridgehead atoms. The molecule has 7 atom stereocenters. The van der Waals surface area contributed by atoms with Gasteiger partial charge in [0.05, 0.1) is 29.0 Å². The molecule has 0 spiro atoms. The number of fused-ring (bicyclic) bond motifs is 1. The van der Waals surface area contributed by atoms with Crippen LogP contribution in [-0.2, 0) is 25.7 Å². The highest BCUT2D eigenvalue weighted by atomic mass is 32.2. The highest BCUT2D eigenvalue weighted by Crippen LogP contribution is 2.52. The lowest BCUT2D eigenvalue weighted by Crippen LogP contribution is -2.63. The Morgan fingerprint density at radius 1 is 1.23 bits per heavy atom. The first-order valence-corrected chi connectivity index (χ1v) is 15.2. The zero-order valence-electron chi connectivity index (χ0n) is 24.2. The van der Waals surface area contributed by atoms with Gasteiger partial charge in [-0.1, -0.05) is 6.92 Å². The summed E-state index contributed by atoms with van der Waals surface area (Å²) in [4.78, 5) is 67.3. The Morgan fingerprint density at radius 2 is 1.93 bits per heavy atom. The van der Waals surface area contributed by atoms with Gasteiger partial charge in [0, 0.05) is 60.4 Å². The second-order valence-corrected chi connectivity index (χ2v) is 12.9. The number of nitrogens with one attached hydrogen (secondary N) is 1.